The summed E-state index contributed by atoms with van der Waals surface area (Å²) in [6, 6.07) is 14.8. The zero-order valence-corrected chi connectivity index (χ0v) is 17.1. The van der Waals surface area contributed by atoms with E-state index < -0.39 is 6.61 Å². The Morgan fingerprint density at radius 1 is 1.10 bits per heavy atom. The van der Waals surface area contributed by atoms with Gasteiger partial charge in [0.05, 0.1) is 0 Å². The van der Waals surface area contributed by atoms with E-state index in [1.807, 2.05) is 12.1 Å². The average Bonchev–Trinajstić information content (AvgIpc) is 2.97. The lowest BCUT2D eigenvalue weighted by molar-refractivity contribution is -0.135. The number of hydrogen-bond donors (Lipinski definition) is 2. The van der Waals surface area contributed by atoms with Crippen molar-refractivity contribution in [1.29, 1.82) is 0 Å². The van der Waals surface area contributed by atoms with Crippen molar-refractivity contribution in [3.05, 3.63) is 65.5 Å². The summed E-state index contributed by atoms with van der Waals surface area (Å²) in [5, 5.41) is 19.2. The van der Waals surface area contributed by atoms with E-state index in [0.717, 1.165) is 37.8 Å². The fourth-order valence-electron chi connectivity index (χ4n) is 5.17. The Labute approximate surface area is 176 Å². The molecule has 1 amide bonds. The Morgan fingerprint density at radius 3 is 2.50 bits per heavy atom. The van der Waals surface area contributed by atoms with Crippen LogP contribution in [-0.4, -0.2) is 57.7 Å². The Hall–Kier alpha value is -2.44. The van der Waals surface area contributed by atoms with Crippen LogP contribution in [0.2, 0.25) is 0 Å². The second-order valence-electron chi connectivity index (χ2n) is 8.49. The van der Waals surface area contributed by atoms with Gasteiger partial charge in [0.1, 0.15) is 18.2 Å². The number of benzene rings is 2. The van der Waals surface area contributed by atoms with Crippen molar-refractivity contribution >= 4 is 5.91 Å². The fourth-order valence-corrected chi connectivity index (χ4v) is 5.17. The van der Waals surface area contributed by atoms with Crippen LogP contribution in [0, 0.1) is 5.82 Å². The molecule has 30 heavy (non-hydrogen) atoms. The SMILES string of the molecule is O=C(CO)N(CCN1C2CCC1CC(c1cccc(O)c1)C2)Cc1cccc(F)c1. The number of phenolic OH excluding ortho intramolecular Hbond substituents is 1. The van der Waals surface area contributed by atoms with Gasteiger partial charge in [0.2, 0.25) is 5.91 Å². The number of phenols is 1. The summed E-state index contributed by atoms with van der Waals surface area (Å²) in [6.45, 7) is 1.02. The van der Waals surface area contributed by atoms with Crippen LogP contribution in [0.25, 0.3) is 0 Å². The maximum absolute atomic E-state index is 13.5. The van der Waals surface area contributed by atoms with Crippen LogP contribution in [0.1, 0.15) is 42.7 Å². The summed E-state index contributed by atoms with van der Waals surface area (Å²) in [5.74, 6) is 0.114. The molecule has 2 bridgehead atoms. The van der Waals surface area contributed by atoms with Crippen molar-refractivity contribution in [3.8, 4) is 5.75 Å². The number of halogens is 1. The van der Waals surface area contributed by atoms with Crippen LogP contribution in [0.15, 0.2) is 48.5 Å². The predicted octanol–water partition coefficient (Wildman–Crippen LogP) is 3.26. The molecule has 2 aliphatic heterocycles. The molecule has 2 fully saturated rings. The summed E-state index contributed by atoms with van der Waals surface area (Å²) in [4.78, 5) is 16.4. The van der Waals surface area contributed by atoms with E-state index in [2.05, 4.69) is 11.0 Å². The molecule has 2 heterocycles. The summed E-state index contributed by atoms with van der Waals surface area (Å²) >= 11 is 0. The monoisotopic (exact) mass is 412 g/mol. The summed E-state index contributed by atoms with van der Waals surface area (Å²) < 4.78 is 13.5. The predicted molar refractivity (Wildman–Crippen MR) is 113 cm³/mol. The number of aliphatic hydroxyl groups excluding tert-OH is 1. The molecular weight excluding hydrogens is 383 g/mol. The van der Waals surface area contributed by atoms with Crippen molar-refractivity contribution in [3.63, 3.8) is 0 Å². The lowest BCUT2D eigenvalue weighted by atomic mass is 9.85. The number of hydrogen-bond acceptors (Lipinski definition) is 4. The molecule has 2 aliphatic rings. The lowest BCUT2D eigenvalue weighted by Crippen LogP contribution is -2.47. The molecule has 2 unspecified atom stereocenters. The quantitative estimate of drug-likeness (QED) is 0.733. The first-order valence-electron chi connectivity index (χ1n) is 10.7. The van der Waals surface area contributed by atoms with E-state index in [1.165, 1.54) is 17.7 Å². The van der Waals surface area contributed by atoms with Crippen molar-refractivity contribution in [1.82, 2.24) is 9.80 Å². The number of rotatable bonds is 7. The van der Waals surface area contributed by atoms with Gasteiger partial charge in [-0.05, 0) is 67.0 Å². The van der Waals surface area contributed by atoms with E-state index in [0.29, 0.717) is 36.8 Å². The highest BCUT2D eigenvalue weighted by Gasteiger charge is 2.41. The lowest BCUT2D eigenvalue weighted by Gasteiger charge is -2.40. The van der Waals surface area contributed by atoms with Gasteiger partial charge in [-0.3, -0.25) is 9.69 Å². The van der Waals surface area contributed by atoms with Crippen LogP contribution in [0.5, 0.6) is 5.75 Å². The maximum Gasteiger partial charge on any atom is 0.248 e. The molecule has 2 N–H and O–H groups in total. The van der Waals surface area contributed by atoms with E-state index in [9.17, 15) is 19.4 Å². The molecule has 5 nitrogen and oxygen atoms in total. The highest BCUT2D eigenvalue weighted by molar-refractivity contribution is 5.77. The standard InChI is InChI=1S/C24H29FN2O3/c25-20-5-1-3-17(11-20)15-26(24(30)16-28)9-10-27-21-7-8-22(27)13-19(12-21)18-4-2-6-23(29)14-18/h1-6,11,14,19,21-22,28-29H,7-10,12-13,15-16H2. The summed E-state index contributed by atoms with van der Waals surface area (Å²) in [6.07, 6.45) is 4.41. The third-order valence-corrected chi connectivity index (χ3v) is 6.60. The zero-order valence-electron chi connectivity index (χ0n) is 17.1. The minimum atomic E-state index is -0.540. The first-order valence-corrected chi connectivity index (χ1v) is 10.7. The molecule has 0 aromatic heterocycles. The number of aliphatic hydroxyl groups is 1. The summed E-state index contributed by atoms with van der Waals surface area (Å²) in [7, 11) is 0. The number of aromatic hydroxyl groups is 1. The first-order chi connectivity index (χ1) is 14.5. The van der Waals surface area contributed by atoms with E-state index in [1.54, 1.807) is 23.1 Å². The topological polar surface area (TPSA) is 64.0 Å². The number of carbonyl (C=O) groups is 1. The zero-order chi connectivity index (χ0) is 21.1. The molecule has 0 aliphatic carbocycles. The maximum atomic E-state index is 13.5. The third-order valence-electron chi connectivity index (χ3n) is 6.60. The Morgan fingerprint density at radius 2 is 1.83 bits per heavy atom. The molecule has 2 aromatic rings. The molecule has 0 saturated carbocycles. The molecule has 160 valence electrons. The van der Waals surface area contributed by atoms with E-state index in [-0.39, 0.29) is 11.7 Å². The second-order valence-corrected chi connectivity index (χ2v) is 8.49. The van der Waals surface area contributed by atoms with Crippen molar-refractivity contribution in [2.45, 2.75) is 50.2 Å². The number of piperidine rings is 1. The normalized spacial score (nSPS) is 23.5. The van der Waals surface area contributed by atoms with Crippen LogP contribution in [-0.2, 0) is 11.3 Å². The van der Waals surface area contributed by atoms with Gasteiger partial charge in [-0.15, -0.1) is 0 Å². The molecule has 2 saturated heterocycles. The average molecular weight is 413 g/mol. The molecule has 0 spiro atoms. The molecule has 4 rings (SSSR count). The van der Waals surface area contributed by atoms with Crippen LogP contribution < -0.4 is 0 Å². The van der Waals surface area contributed by atoms with Crippen LogP contribution >= 0.6 is 0 Å². The van der Waals surface area contributed by atoms with Gasteiger partial charge >= 0.3 is 0 Å². The van der Waals surface area contributed by atoms with Crippen molar-refractivity contribution < 1.29 is 19.4 Å². The highest BCUT2D eigenvalue weighted by Crippen LogP contribution is 2.43. The van der Waals surface area contributed by atoms with Crippen LogP contribution in [0.4, 0.5) is 4.39 Å². The van der Waals surface area contributed by atoms with Crippen molar-refractivity contribution in [2.24, 2.45) is 0 Å². The van der Waals surface area contributed by atoms with Gasteiger partial charge in [0.25, 0.3) is 0 Å². The van der Waals surface area contributed by atoms with E-state index in [4.69, 9.17) is 0 Å². The van der Waals surface area contributed by atoms with Gasteiger partial charge in [-0.2, -0.15) is 0 Å². The highest BCUT2D eigenvalue weighted by atomic mass is 19.1. The molecule has 6 heteroatoms. The Kier molecular flexibility index (Phi) is 6.35. The van der Waals surface area contributed by atoms with Gasteiger partial charge in [0, 0.05) is 31.7 Å². The van der Waals surface area contributed by atoms with Gasteiger partial charge < -0.3 is 15.1 Å². The molecule has 0 radical (unpaired) electrons. The number of amides is 1. The van der Waals surface area contributed by atoms with E-state index >= 15 is 0 Å². The van der Waals surface area contributed by atoms with Gasteiger partial charge in [-0.1, -0.05) is 24.3 Å². The number of carbonyl (C=O) groups excluding carboxylic acids is 1. The molecular formula is C24H29FN2O3. The first kappa shape index (κ1) is 20.8. The second kappa shape index (κ2) is 9.14. The molecule has 2 aromatic carbocycles. The molecule has 2 atom stereocenters. The largest absolute Gasteiger partial charge is 0.508 e. The minimum Gasteiger partial charge on any atom is -0.508 e. The number of nitrogens with zero attached hydrogens (tertiary/aromatic N) is 2. The Balaban J connectivity index is 1.39. The smallest absolute Gasteiger partial charge is 0.248 e. The number of fused-ring (bicyclic) bond motifs is 2. The third kappa shape index (κ3) is 4.65. The van der Waals surface area contributed by atoms with Crippen LogP contribution in [0.3, 0.4) is 0 Å². The fraction of sp³-hybridized carbons (Fsp3) is 0.458. The summed E-state index contributed by atoms with van der Waals surface area (Å²) in [5.41, 5.74) is 1.93. The van der Waals surface area contributed by atoms with Gasteiger partial charge in [-0.25, -0.2) is 4.39 Å². The van der Waals surface area contributed by atoms with Crippen molar-refractivity contribution in [2.75, 3.05) is 19.7 Å². The van der Waals surface area contributed by atoms with Gasteiger partial charge in [0.15, 0.2) is 0 Å². The minimum absolute atomic E-state index is 0.298. The Bertz CT molecular complexity index is 876.